The zero-order valence-electron chi connectivity index (χ0n) is 23.5. The van der Waals surface area contributed by atoms with E-state index in [1.54, 1.807) is 0 Å². The summed E-state index contributed by atoms with van der Waals surface area (Å²) in [4.78, 5) is 0. The van der Waals surface area contributed by atoms with Gasteiger partial charge in [-0.15, -0.1) is 0 Å². The van der Waals surface area contributed by atoms with E-state index in [1.807, 2.05) is 0 Å². The molecule has 0 aliphatic carbocycles. The van der Waals surface area contributed by atoms with Crippen LogP contribution in [0.25, 0.3) is 0 Å². The highest BCUT2D eigenvalue weighted by atomic mass is 16.8. The van der Waals surface area contributed by atoms with E-state index in [4.69, 9.17) is 33.2 Å². The van der Waals surface area contributed by atoms with Gasteiger partial charge in [0.15, 0.2) is 25.2 Å². The molecule has 4 heterocycles. The fraction of sp³-hybridized carbons (Fsp3) is 1.00. The van der Waals surface area contributed by atoms with Crippen LogP contribution in [0.2, 0.25) is 0 Å². The Morgan fingerprint density at radius 2 is 0.822 bits per heavy atom. The summed E-state index contributed by atoms with van der Waals surface area (Å²) < 4.78 is 38.0. The van der Waals surface area contributed by atoms with E-state index < -0.39 is 149 Å². The summed E-state index contributed by atoms with van der Waals surface area (Å²) in [6.45, 7) is -3.21. The minimum absolute atomic E-state index is 0.734. The maximum absolute atomic E-state index is 11.1. The third-order valence-electron chi connectivity index (χ3n) is 8.19. The number of hydrogen-bond acceptors (Lipinski definition) is 21. The highest BCUT2D eigenvalue weighted by Crippen LogP contribution is 2.33. The summed E-state index contributed by atoms with van der Waals surface area (Å²) in [5, 5.41) is 142. The Labute approximate surface area is 254 Å². The number of hydrogen-bond donors (Lipinski definition) is 14. The first-order valence-electron chi connectivity index (χ1n) is 14.1. The van der Waals surface area contributed by atoms with Crippen LogP contribution in [0.3, 0.4) is 0 Å². The first kappa shape index (κ1) is 37.0. The second-order valence-electron chi connectivity index (χ2n) is 11.2. The molecule has 20 atom stereocenters. The molecule has 0 radical (unpaired) electrons. The van der Waals surface area contributed by atoms with Crippen LogP contribution in [0, 0.1) is 0 Å². The quantitative estimate of drug-likeness (QED) is 0.103. The molecule has 0 bridgehead atoms. The number of ether oxygens (including phenoxy) is 7. The Bertz CT molecular complexity index is 910. The predicted molar refractivity (Wildman–Crippen MR) is 134 cm³/mol. The fourth-order valence-electron chi connectivity index (χ4n) is 5.42. The molecule has 0 unspecified atom stereocenters. The molecular weight excluding hydrogens is 624 g/mol. The van der Waals surface area contributed by atoms with Crippen LogP contribution >= 0.6 is 0 Å². The summed E-state index contributed by atoms with van der Waals surface area (Å²) in [6, 6.07) is 0. The lowest BCUT2D eigenvalue weighted by atomic mass is 9.96. The topological polar surface area (TPSA) is 348 Å². The maximum atomic E-state index is 11.1. The summed E-state index contributed by atoms with van der Waals surface area (Å²) in [5.74, 6) is 0. The minimum atomic E-state index is -2.04. The molecule has 45 heavy (non-hydrogen) atoms. The van der Waals surface area contributed by atoms with Crippen molar-refractivity contribution in [1.29, 1.82) is 0 Å². The van der Waals surface area contributed by atoms with E-state index in [-0.39, 0.29) is 0 Å². The van der Waals surface area contributed by atoms with Crippen molar-refractivity contribution in [3.8, 4) is 0 Å². The summed E-state index contributed by atoms with van der Waals surface area (Å²) in [7, 11) is 0. The Balaban J connectivity index is 1.56. The van der Waals surface area contributed by atoms with Crippen LogP contribution in [0.1, 0.15) is 0 Å². The van der Waals surface area contributed by atoms with Gasteiger partial charge in [-0.2, -0.15) is 0 Å². The Morgan fingerprint density at radius 1 is 0.378 bits per heavy atom. The number of aliphatic hydroxyl groups excluding tert-OH is 14. The fourth-order valence-corrected chi connectivity index (χ4v) is 5.42. The monoisotopic (exact) mass is 666 g/mol. The molecule has 4 aliphatic rings. The normalized spacial score (nSPS) is 52.9. The van der Waals surface area contributed by atoms with E-state index in [2.05, 4.69) is 0 Å². The lowest BCUT2D eigenvalue weighted by Gasteiger charge is -2.48. The van der Waals surface area contributed by atoms with Crippen molar-refractivity contribution in [3.05, 3.63) is 0 Å². The highest BCUT2D eigenvalue weighted by Gasteiger charge is 2.54. The smallest absolute Gasteiger partial charge is 0.187 e. The van der Waals surface area contributed by atoms with Crippen LogP contribution < -0.4 is 0 Å². The van der Waals surface area contributed by atoms with Gasteiger partial charge in [-0.25, -0.2) is 0 Å². The molecule has 0 aromatic carbocycles. The molecule has 21 heteroatoms. The van der Waals surface area contributed by atoms with E-state index in [0.717, 1.165) is 0 Å². The summed E-state index contributed by atoms with van der Waals surface area (Å²) >= 11 is 0. The molecule has 14 N–H and O–H groups in total. The van der Waals surface area contributed by atoms with Gasteiger partial charge in [0.25, 0.3) is 0 Å². The van der Waals surface area contributed by atoms with Crippen molar-refractivity contribution >= 4 is 0 Å². The molecular formula is C24H42O21. The maximum Gasteiger partial charge on any atom is 0.187 e. The van der Waals surface area contributed by atoms with Gasteiger partial charge in [-0.05, 0) is 0 Å². The molecule has 0 amide bonds. The van der Waals surface area contributed by atoms with Crippen LogP contribution in [-0.4, -0.2) is 221 Å². The van der Waals surface area contributed by atoms with Crippen molar-refractivity contribution in [1.82, 2.24) is 0 Å². The lowest BCUT2D eigenvalue weighted by molar-refractivity contribution is -0.390. The van der Waals surface area contributed by atoms with E-state index in [9.17, 15) is 71.5 Å². The number of rotatable bonds is 10. The zero-order chi connectivity index (χ0) is 33.3. The van der Waals surface area contributed by atoms with Crippen LogP contribution in [0.15, 0.2) is 0 Å². The first-order valence-corrected chi connectivity index (χ1v) is 14.1. The van der Waals surface area contributed by atoms with Gasteiger partial charge in [0.2, 0.25) is 0 Å². The lowest BCUT2D eigenvalue weighted by Crippen LogP contribution is -2.67. The molecule has 4 saturated heterocycles. The van der Waals surface area contributed by atoms with Gasteiger partial charge in [0, 0.05) is 0 Å². The summed E-state index contributed by atoms with van der Waals surface area (Å²) in [5.41, 5.74) is 0. The Morgan fingerprint density at radius 3 is 1.38 bits per heavy atom. The van der Waals surface area contributed by atoms with Gasteiger partial charge in [-0.3, -0.25) is 0 Å². The van der Waals surface area contributed by atoms with Crippen LogP contribution in [-0.2, 0) is 33.2 Å². The molecule has 4 aliphatic heterocycles. The van der Waals surface area contributed by atoms with Gasteiger partial charge in [0.1, 0.15) is 97.7 Å². The first-order chi connectivity index (χ1) is 21.2. The van der Waals surface area contributed by atoms with E-state index in [0.29, 0.717) is 0 Å². The average molecular weight is 667 g/mol. The van der Waals surface area contributed by atoms with Crippen molar-refractivity contribution in [2.45, 2.75) is 123 Å². The minimum Gasteiger partial charge on any atom is -0.394 e. The van der Waals surface area contributed by atoms with E-state index in [1.165, 1.54) is 0 Å². The van der Waals surface area contributed by atoms with Crippen molar-refractivity contribution in [2.75, 3.05) is 26.4 Å². The molecule has 21 nitrogen and oxygen atoms in total. The third-order valence-corrected chi connectivity index (χ3v) is 8.19. The molecule has 0 aromatic rings. The Hall–Kier alpha value is -0.840. The van der Waals surface area contributed by atoms with Crippen LogP contribution in [0.5, 0.6) is 0 Å². The zero-order valence-corrected chi connectivity index (χ0v) is 23.5. The molecule has 4 rings (SSSR count). The SMILES string of the molecule is OC[C@H]1O[C@@H](OC[C@H]2O[C@@H](O[C@H]3[C@H](O)[C@@H](O)[C@H](O)O[C@@H]3CO)[C@H](O[C@H]3O[C@H](CO)[C@H](O)[C@H](O)[C@H]3O)[C@@H](O)[C@@H]2O)[C@H](O)[C@@H](O)[C@H]1O. The average Bonchev–Trinajstić information content (AvgIpc) is 3.03. The van der Waals surface area contributed by atoms with Gasteiger partial charge in [-0.1, -0.05) is 0 Å². The van der Waals surface area contributed by atoms with Crippen molar-refractivity contribution in [2.24, 2.45) is 0 Å². The van der Waals surface area contributed by atoms with Gasteiger partial charge >= 0.3 is 0 Å². The highest BCUT2D eigenvalue weighted by molar-refractivity contribution is 4.97. The molecule has 0 saturated carbocycles. The molecule has 0 aromatic heterocycles. The third kappa shape index (κ3) is 7.59. The predicted octanol–water partition coefficient (Wildman–Crippen LogP) is -9.75. The molecule has 264 valence electrons. The molecule has 4 fully saturated rings. The van der Waals surface area contributed by atoms with Crippen molar-refractivity contribution in [3.63, 3.8) is 0 Å². The second-order valence-corrected chi connectivity index (χ2v) is 11.2. The Kier molecular flexibility index (Phi) is 12.8. The van der Waals surface area contributed by atoms with Gasteiger partial charge in [0.05, 0.1) is 26.4 Å². The van der Waals surface area contributed by atoms with Crippen molar-refractivity contribution < 1.29 is 105 Å². The summed E-state index contributed by atoms with van der Waals surface area (Å²) in [6.07, 6.45) is -35.8. The number of aliphatic hydroxyl groups is 14. The second kappa shape index (κ2) is 15.6. The van der Waals surface area contributed by atoms with E-state index >= 15 is 0 Å². The van der Waals surface area contributed by atoms with Gasteiger partial charge < -0.3 is 105 Å². The largest absolute Gasteiger partial charge is 0.394 e. The standard InChI is InChI=1S/C24H42O21/c25-1-5-9(28)12(31)17(36)22(41-5)39-4-8-11(30)14(33)20(45-23-18(37)13(32)10(29)6(2-26)42-23)24(43-8)44-19-7(3-27)40-21(38)16(35)15(19)34/h5-38H,1-4H2/t5-,6-,7-,8-,9+,10+,11-,12+,13+,14+,15-,16-,17-,18-,19-,20-,21-,22-,23-,24+/m1/s1. The van der Waals surface area contributed by atoms with Crippen LogP contribution in [0.4, 0.5) is 0 Å². The molecule has 0 spiro atoms.